The standard InChI is InChI=1S/C9H12Cl2N4O/c1-3-12-8(16)5-15(2)6-4-7(10)13-14-9(6)11/h4H,3,5H2,1-2H3,(H,12,16). The Morgan fingerprint density at radius 2 is 2.19 bits per heavy atom. The van der Waals surface area contributed by atoms with Crippen molar-refractivity contribution in [1.29, 1.82) is 0 Å². The Labute approximate surface area is 104 Å². The maximum absolute atomic E-state index is 11.4. The molecular formula is C9H12Cl2N4O. The molecule has 0 bridgehead atoms. The maximum Gasteiger partial charge on any atom is 0.239 e. The van der Waals surface area contributed by atoms with Crippen LogP contribution in [0.1, 0.15) is 6.92 Å². The van der Waals surface area contributed by atoms with Crippen molar-refractivity contribution in [3.05, 3.63) is 16.4 Å². The van der Waals surface area contributed by atoms with Crippen LogP contribution in [-0.4, -0.2) is 36.2 Å². The Kier molecular flexibility index (Phi) is 4.76. The van der Waals surface area contributed by atoms with Crippen molar-refractivity contribution in [2.24, 2.45) is 0 Å². The minimum absolute atomic E-state index is 0.0889. The average molecular weight is 263 g/mol. The first-order valence-electron chi connectivity index (χ1n) is 4.71. The second-order valence-corrected chi connectivity index (χ2v) is 3.90. The number of halogens is 2. The number of carbonyl (C=O) groups excluding carboxylic acids is 1. The van der Waals surface area contributed by atoms with Gasteiger partial charge in [0.15, 0.2) is 10.3 Å². The van der Waals surface area contributed by atoms with Gasteiger partial charge in [-0.15, -0.1) is 10.2 Å². The van der Waals surface area contributed by atoms with Gasteiger partial charge in [0.05, 0.1) is 12.2 Å². The van der Waals surface area contributed by atoms with E-state index in [4.69, 9.17) is 23.2 Å². The zero-order chi connectivity index (χ0) is 12.1. The quantitative estimate of drug-likeness (QED) is 0.891. The van der Waals surface area contributed by atoms with Gasteiger partial charge in [-0.1, -0.05) is 23.2 Å². The van der Waals surface area contributed by atoms with Crippen LogP contribution in [0.4, 0.5) is 5.69 Å². The van der Waals surface area contributed by atoms with Gasteiger partial charge in [0.2, 0.25) is 5.91 Å². The zero-order valence-corrected chi connectivity index (χ0v) is 10.5. The van der Waals surface area contributed by atoms with Crippen LogP contribution in [0.2, 0.25) is 10.3 Å². The summed E-state index contributed by atoms with van der Waals surface area (Å²) in [5, 5.41) is 10.4. The number of anilines is 1. The number of hydrogen-bond acceptors (Lipinski definition) is 4. The number of amides is 1. The summed E-state index contributed by atoms with van der Waals surface area (Å²) < 4.78 is 0. The lowest BCUT2D eigenvalue weighted by Crippen LogP contribution is -2.35. The van der Waals surface area contributed by atoms with Gasteiger partial charge < -0.3 is 10.2 Å². The molecule has 16 heavy (non-hydrogen) atoms. The van der Waals surface area contributed by atoms with Crippen LogP contribution in [0.3, 0.4) is 0 Å². The molecule has 0 atom stereocenters. The predicted octanol–water partition coefficient (Wildman–Crippen LogP) is 1.36. The van der Waals surface area contributed by atoms with Crippen molar-refractivity contribution in [2.75, 3.05) is 25.0 Å². The fraction of sp³-hybridized carbons (Fsp3) is 0.444. The maximum atomic E-state index is 11.4. The number of rotatable bonds is 4. The van der Waals surface area contributed by atoms with Crippen LogP contribution in [0.5, 0.6) is 0 Å². The molecule has 1 aromatic heterocycles. The Morgan fingerprint density at radius 3 is 2.81 bits per heavy atom. The Hall–Kier alpha value is -1.07. The Balaban J connectivity index is 2.76. The third-order valence-corrected chi connectivity index (χ3v) is 2.32. The highest BCUT2D eigenvalue weighted by atomic mass is 35.5. The predicted molar refractivity (Wildman–Crippen MR) is 64.0 cm³/mol. The second kappa shape index (κ2) is 5.86. The van der Waals surface area contributed by atoms with E-state index in [9.17, 15) is 4.79 Å². The average Bonchev–Trinajstić information content (AvgIpc) is 2.21. The van der Waals surface area contributed by atoms with Crippen LogP contribution in [0.15, 0.2) is 6.07 Å². The molecule has 0 aliphatic carbocycles. The molecule has 0 radical (unpaired) electrons. The van der Waals surface area contributed by atoms with Gasteiger partial charge in [-0.2, -0.15) is 0 Å². The van der Waals surface area contributed by atoms with Crippen molar-refractivity contribution in [3.63, 3.8) is 0 Å². The molecule has 0 unspecified atom stereocenters. The molecule has 1 amide bonds. The first kappa shape index (κ1) is 13.0. The zero-order valence-electron chi connectivity index (χ0n) is 9.00. The van der Waals surface area contributed by atoms with Crippen LogP contribution in [-0.2, 0) is 4.79 Å². The summed E-state index contributed by atoms with van der Waals surface area (Å²) in [6.45, 7) is 2.64. The number of nitrogens with zero attached hydrogens (tertiary/aromatic N) is 3. The highest BCUT2D eigenvalue weighted by Crippen LogP contribution is 2.23. The molecule has 0 aliphatic heterocycles. The summed E-state index contributed by atoms with van der Waals surface area (Å²) in [4.78, 5) is 13.0. The normalized spacial score (nSPS) is 10.0. The van der Waals surface area contributed by atoms with Crippen molar-refractivity contribution in [2.45, 2.75) is 6.92 Å². The third-order valence-electron chi connectivity index (χ3n) is 1.87. The molecule has 1 heterocycles. The Morgan fingerprint density at radius 1 is 1.50 bits per heavy atom. The van der Waals surface area contributed by atoms with E-state index < -0.39 is 0 Å². The number of aromatic nitrogens is 2. The molecule has 0 aromatic carbocycles. The molecule has 0 spiro atoms. The van der Waals surface area contributed by atoms with Gasteiger partial charge in [0.25, 0.3) is 0 Å². The fourth-order valence-corrected chi connectivity index (χ4v) is 1.54. The number of hydrogen-bond donors (Lipinski definition) is 1. The monoisotopic (exact) mass is 262 g/mol. The lowest BCUT2D eigenvalue weighted by atomic mass is 10.4. The third kappa shape index (κ3) is 3.50. The van der Waals surface area contributed by atoms with Crippen molar-refractivity contribution >= 4 is 34.8 Å². The van der Waals surface area contributed by atoms with E-state index in [0.29, 0.717) is 12.2 Å². The first-order chi connectivity index (χ1) is 7.54. The first-order valence-corrected chi connectivity index (χ1v) is 5.46. The van der Waals surface area contributed by atoms with E-state index in [1.54, 1.807) is 18.0 Å². The summed E-state index contributed by atoms with van der Waals surface area (Å²) >= 11 is 11.5. The minimum Gasteiger partial charge on any atom is -0.363 e. The molecule has 1 aromatic rings. The summed E-state index contributed by atoms with van der Waals surface area (Å²) in [6.07, 6.45) is 0. The topological polar surface area (TPSA) is 58.1 Å². The van der Waals surface area contributed by atoms with Gasteiger partial charge in [-0.25, -0.2) is 0 Å². The summed E-state index contributed by atoms with van der Waals surface area (Å²) in [5.41, 5.74) is 0.577. The van der Waals surface area contributed by atoms with Crippen molar-refractivity contribution in [3.8, 4) is 0 Å². The molecule has 0 aliphatic rings. The minimum atomic E-state index is -0.0889. The van der Waals surface area contributed by atoms with Gasteiger partial charge in [-0.05, 0) is 6.92 Å². The Bertz CT molecular complexity index is 386. The number of nitrogens with one attached hydrogen (secondary N) is 1. The summed E-state index contributed by atoms with van der Waals surface area (Å²) in [5.74, 6) is -0.0889. The molecule has 0 saturated heterocycles. The van der Waals surface area contributed by atoms with E-state index in [1.807, 2.05) is 6.92 Å². The smallest absolute Gasteiger partial charge is 0.239 e. The van der Waals surface area contributed by atoms with Crippen LogP contribution >= 0.6 is 23.2 Å². The van der Waals surface area contributed by atoms with E-state index in [2.05, 4.69) is 15.5 Å². The lowest BCUT2D eigenvalue weighted by molar-refractivity contribution is -0.119. The SMILES string of the molecule is CCNC(=O)CN(C)c1cc(Cl)nnc1Cl. The molecular weight excluding hydrogens is 251 g/mol. The van der Waals surface area contributed by atoms with E-state index in [1.165, 1.54) is 0 Å². The highest BCUT2D eigenvalue weighted by Gasteiger charge is 2.12. The van der Waals surface area contributed by atoms with Gasteiger partial charge in [0, 0.05) is 19.7 Å². The number of likely N-dealkylation sites (N-methyl/N-ethyl adjacent to an activating group) is 2. The molecule has 5 nitrogen and oxygen atoms in total. The number of carbonyl (C=O) groups is 1. The molecule has 1 N–H and O–H groups in total. The van der Waals surface area contributed by atoms with Gasteiger partial charge in [0.1, 0.15) is 0 Å². The van der Waals surface area contributed by atoms with Crippen molar-refractivity contribution < 1.29 is 4.79 Å². The van der Waals surface area contributed by atoms with E-state index in [0.717, 1.165) is 0 Å². The van der Waals surface area contributed by atoms with Crippen LogP contribution < -0.4 is 10.2 Å². The molecule has 88 valence electrons. The van der Waals surface area contributed by atoms with Crippen LogP contribution in [0, 0.1) is 0 Å². The highest BCUT2D eigenvalue weighted by molar-refractivity contribution is 6.33. The second-order valence-electron chi connectivity index (χ2n) is 3.15. The fourth-order valence-electron chi connectivity index (χ4n) is 1.17. The molecule has 1 rings (SSSR count). The summed E-state index contributed by atoms with van der Waals surface area (Å²) in [7, 11) is 1.73. The van der Waals surface area contributed by atoms with Gasteiger partial charge in [-0.3, -0.25) is 4.79 Å². The van der Waals surface area contributed by atoms with E-state index >= 15 is 0 Å². The van der Waals surface area contributed by atoms with Gasteiger partial charge >= 0.3 is 0 Å². The van der Waals surface area contributed by atoms with E-state index in [-0.39, 0.29) is 22.8 Å². The molecule has 7 heteroatoms. The summed E-state index contributed by atoms with van der Waals surface area (Å²) in [6, 6.07) is 1.57. The lowest BCUT2D eigenvalue weighted by Gasteiger charge is -2.18. The molecule has 0 saturated carbocycles. The van der Waals surface area contributed by atoms with Crippen molar-refractivity contribution in [1.82, 2.24) is 15.5 Å². The van der Waals surface area contributed by atoms with Crippen LogP contribution in [0.25, 0.3) is 0 Å². The largest absolute Gasteiger partial charge is 0.363 e. The molecule has 0 fully saturated rings.